The van der Waals surface area contributed by atoms with E-state index in [0.717, 1.165) is 6.42 Å². The lowest BCUT2D eigenvalue weighted by molar-refractivity contribution is 0.0695. The van der Waals surface area contributed by atoms with E-state index in [2.05, 4.69) is 10.1 Å². The molecule has 0 saturated carbocycles. The van der Waals surface area contributed by atoms with E-state index in [4.69, 9.17) is 9.63 Å². The summed E-state index contributed by atoms with van der Waals surface area (Å²) in [6.07, 6.45) is 3.12. The second-order valence-electron chi connectivity index (χ2n) is 3.47. The molecule has 84 valence electrons. The van der Waals surface area contributed by atoms with Crippen LogP contribution in [0.3, 0.4) is 0 Å². The monoisotopic (exact) mass is 220 g/mol. The van der Waals surface area contributed by atoms with Crippen LogP contribution in [0.15, 0.2) is 22.9 Å². The van der Waals surface area contributed by atoms with Crippen LogP contribution in [0.4, 0.5) is 0 Å². The van der Waals surface area contributed by atoms with Crippen molar-refractivity contribution >= 4 is 5.97 Å². The van der Waals surface area contributed by atoms with Gasteiger partial charge < -0.3 is 14.6 Å². The maximum Gasteiger partial charge on any atom is 0.341 e. The molecule has 5 heteroatoms. The smallest absolute Gasteiger partial charge is 0.341 e. The molecule has 16 heavy (non-hydrogen) atoms. The maximum atomic E-state index is 11.2. The number of nitrogens with zero attached hydrogens (tertiary/aromatic N) is 1. The van der Waals surface area contributed by atoms with E-state index < -0.39 is 5.97 Å². The van der Waals surface area contributed by atoms with Crippen LogP contribution in [0.1, 0.15) is 29.5 Å². The van der Waals surface area contributed by atoms with E-state index in [1.807, 2.05) is 6.92 Å². The van der Waals surface area contributed by atoms with Gasteiger partial charge in [-0.15, -0.1) is 0 Å². The summed E-state index contributed by atoms with van der Waals surface area (Å²) in [5.74, 6) is -0.575. The molecule has 2 aromatic rings. The van der Waals surface area contributed by atoms with Crippen molar-refractivity contribution in [3.8, 4) is 11.4 Å². The minimum atomic E-state index is -1.01. The Labute approximate surface area is 92.1 Å². The van der Waals surface area contributed by atoms with Gasteiger partial charge in [0.15, 0.2) is 5.76 Å². The number of H-pyrrole nitrogens is 1. The van der Waals surface area contributed by atoms with Gasteiger partial charge in [0.2, 0.25) is 0 Å². The fourth-order valence-corrected chi connectivity index (χ4v) is 1.60. The quantitative estimate of drug-likeness (QED) is 0.828. The molecule has 0 aliphatic rings. The molecule has 2 aromatic heterocycles. The Morgan fingerprint density at radius 1 is 1.62 bits per heavy atom. The fraction of sp³-hybridized carbons (Fsp3) is 0.273. The topological polar surface area (TPSA) is 79.1 Å². The summed E-state index contributed by atoms with van der Waals surface area (Å²) in [6, 6.07) is 3.55. The third kappa shape index (κ3) is 1.71. The number of hydrogen-bond donors (Lipinski definition) is 2. The highest BCUT2D eigenvalue weighted by atomic mass is 16.5. The minimum Gasteiger partial charge on any atom is -0.477 e. The Bertz CT molecular complexity index is 485. The van der Waals surface area contributed by atoms with Crippen molar-refractivity contribution in [1.82, 2.24) is 10.1 Å². The Hall–Kier alpha value is -2.04. The molecule has 0 fully saturated rings. The molecule has 0 spiro atoms. The summed E-state index contributed by atoms with van der Waals surface area (Å²) in [7, 11) is 0. The van der Waals surface area contributed by atoms with E-state index in [1.165, 1.54) is 0 Å². The van der Waals surface area contributed by atoms with Crippen molar-refractivity contribution in [3.63, 3.8) is 0 Å². The van der Waals surface area contributed by atoms with Crippen LogP contribution in [0.2, 0.25) is 0 Å². The molecule has 0 bridgehead atoms. The number of carboxylic acids is 1. The van der Waals surface area contributed by atoms with E-state index >= 15 is 0 Å². The molecule has 5 nitrogen and oxygen atoms in total. The Balaban J connectivity index is 2.50. The van der Waals surface area contributed by atoms with Crippen LogP contribution in [0, 0.1) is 0 Å². The number of aromatic nitrogens is 2. The average Bonchev–Trinajstić information content (AvgIpc) is 2.83. The predicted octanol–water partition coefficient (Wildman–Crippen LogP) is 2.32. The molecule has 0 aromatic carbocycles. The largest absolute Gasteiger partial charge is 0.477 e. The first-order valence-corrected chi connectivity index (χ1v) is 5.09. The third-order valence-electron chi connectivity index (χ3n) is 2.31. The zero-order valence-electron chi connectivity index (χ0n) is 8.86. The van der Waals surface area contributed by atoms with Gasteiger partial charge in [-0.25, -0.2) is 4.79 Å². The van der Waals surface area contributed by atoms with Gasteiger partial charge >= 0.3 is 5.97 Å². The highest BCUT2D eigenvalue weighted by Crippen LogP contribution is 2.24. The van der Waals surface area contributed by atoms with Gasteiger partial charge in [0, 0.05) is 12.6 Å². The second-order valence-corrected chi connectivity index (χ2v) is 3.47. The summed E-state index contributed by atoms with van der Waals surface area (Å²) in [5, 5.41) is 13.0. The van der Waals surface area contributed by atoms with Crippen molar-refractivity contribution < 1.29 is 14.4 Å². The Morgan fingerprint density at radius 2 is 2.44 bits per heavy atom. The number of aromatic carboxylic acids is 1. The van der Waals surface area contributed by atoms with Crippen LogP contribution in [-0.2, 0) is 6.42 Å². The van der Waals surface area contributed by atoms with E-state index in [0.29, 0.717) is 23.6 Å². The number of aromatic amines is 1. The van der Waals surface area contributed by atoms with Gasteiger partial charge in [-0.1, -0.05) is 12.1 Å². The van der Waals surface area contributed by atoms with Gasteiger partial charge in [0.05, 0.1) is 5.69 Å². The van der Waals surface area contributed by atoms with E-state index in [9.17, 15) is 4.79 Å². The number of carboxylic acid groups (broad SMARTS) is 1. The molecular formula is C11H12N2O3. The van der Waals surface area contributed by atoms with E-state index in [-0.39, 0.29) is 5.56 Å². The van der Waals surface area contributed by atoms with Crippen LogP contribution >= 0.6 is 0 Å². The molecule has 2 rings (SSSR count). The van der Waals surface area contributed by atoms with Crippen LogP contribution in [-0.4, -0.2) is 21.2 Å². The molecule has 2 N–H and O–H groups in total. The summed E-state index contributed by atoms with van der Waals surface area (Å²) < 4.78 is 5.07. The highest BCUT2D eigenvalue weighted by Gasteiger charge is 2.23. The molecule has 0 aliphatic heterocycles. The normalized spacial score (nSPS) is 10.6. The second kappa shape index (κ2) is 4.22. The van der Waals surface area contributed by atoms with Crippen molar-refractivity contribution in [2.45, 2.75) is 19.8 Å². The molecule has 2 heterocycles. The van der Waals surface area contributed by atoms with Gasteiger partial charge in [0.25, 0.3) is 0 Å². The zero-order chi connectivity index (χ0) is 11.5. The number of rotatable bonds is 4. The van der Waals surface area contributed by atoms with Crippen molar-refractivity contribution in [1.29, 1.82) is 0 Å². The van der Waals surface area contributed by atoms with Crippen LogP contribution < -0.4 is 0 Å². The maximum absolute atomic E-state index is 11.2. The summed E-state index contributed by atoms with van der Waals surface area (Å²) in [6.45, 7) is 1.96. The molecule has 0 radical (unpaired) electrons. The molecule has 0 saturated heterocycles. The van der Waals surface area contributed by atoms with Crippen molar-refractivity contribution in [3.05, 3.63) is 29.7 Å². The predicted molar refractivity (Wildman–Crippen MR) is 57.2 cm³/mol. The van der Waals surface area contributed by atoms with Gasteiger partial charge in [-0.3, -0.25) is 0 Å². The van der Waals surface area contributed by atoms with Gasteiger partial charge in [-0.05, 0) is 18.6 Å². The van der Waals surface area contributed by atoms with Gasteiger partial charge in [0.1, 0.15) is 11.3 Å². The first-order valence-electron chi connectivity index (χ1n) is 5.09. The zero-order valence-corrected chi connectivity index (χ0v) is 8.86. The van der Waals surface area contributed by atoms with E-state index in [1.54, 1.807) is 18.3 Å². The number of nitrogens with one attached hydrogen (secondary N) is 1. The third-order valence-corrected chi connectivity index (χ3v) is 2.31. The standard InChI is InChI=1S/C11H12N2O3/c1-2-4-8-9(11(14)15)10(13-16-8)7-5-3-6-12-7/h3,5-6,12H,2,4H2,1H3,(H,14,15). The molecular weight excluding hydrogens is 208 g/mol. The lowest BCUT2D eigenvalue weighted by Crippen LogP contribution is -2.01. The summed E-state index contributed by atoms with van der Waals surface area (Å²) in [4.78, 5) is 14.1. The average molecular weight is 220 g/mol. The first kappa shape index (κ1) is 10.5. The minimum absolute atomic E-state index is 0.157. The van der Waals surface area contributed by atoms with Crippen LogP contribution in [0.5, 0.6) is 0 Å². The number of hydrogen-bond acceptors (Lipinski definition) is 3. The Kier molecular flexibility index (Phi) is 2.76. The number of aryl methyl sites for hydroxylation is 1. The lowest BCUT2D eigenvalue weighted by atomic mass is 10.1. The lowest BCUT2D eigenvalue weighted by Gasteiger charge is -1.96. The molecule has 0 atom stereocenters. The SMILES string of the molecule is CCCc1onc(-c2ccc[nH]2)c1C(=O)O. The molecule has 0 amide bonds. The fourth-order valence-electron chi connectivity index (χ4n) is 1.60. The van der Waals surface area contributed by atoms with Crippen LogP contribution in [0.25, 0.3) is 11.4 Å². The van der Waals surface area contributed by atoms with Crippen molar-refractivity contribution in [2.24, 2.45) is 0 Å². The Morgan fingerprint density at radius 3 is 3.00 bits per heavy atom. The highest BCUT2D eigenvalue weighted by molar-refractivity contribution is 5.95. The van der Waals surface area contributed by atoms with Crippen molar-refractivity contribution in [2.75, 3.05) is 0 Å². The molecule has 0 unspecified atom stereocenters. The summed E-state index contributed by atoms with van der Waals surface area (Å²) >= 11 is 0. The first-order chi connectivity index (χ1) is 7.74. The number of carbonyl (C=O) groups is 1. The van der Waals surface area contributed by atoms with Gasteiger partial charge in [-0.2, -0.15) is 0 Å². The molecule has 0 aliphatic carbocycles. The summed E-state index contributed by atoms with van der Waals surface area (Å²) in [5.41, 5.74) is 1.17.